The Morgan fingerprint density at radius 2 is 2.13 bits per heavy atom. The van der Waals surface area contributed by atoms with Crippen molar-refractivity contribution in [3.8, 4) is 0 Å². The summed E-state index contributed by atoms with van der Waals surface area (Å²) in [4.78, 5) is 0.769. The van der Waals surface area contributed by atoms with E-state index >= 15 is 0 Å². The number of hydrogen-bond acceptors (Lipinski definition) is 3. The Kier molecular flexibility index (Phi) is 2.42. The van der Waals surface area contributed by atoms with Crippen LogP contribution < -0.4 is 11.1 Å². The fraction of sp³-hybridized carbons (Fsp3) is 0.556. The fourth-order valence-corrected chi connectivity index (χ4v) is 2.17. The lowest BCUT2D eigenvalue weighted by Crippen LogP contribution is -2.44. The summed E-state index contributed by atoms with van der Waals surface area (Å²) in [6.45, 7) is 0.197. The summed E-state index contributed by atoms with van der Waals surface area (Å²) in [6.07, 6.45) is -3.82. The second-order valence-electron chi connectivity index (χ2n) is 3.73. The third-order valence-electron chi connectivity index (χ3n) is 2.66. The van der Waals surface area contributed by atoms with Crippen molar-refractivity contribution >= 4 is 17.0 Å². The van der Waals surface area contributed by atoms with Crippen LogP contribution in [-0.2, 0) is 6.54 Å². The van der Waals surface area contributed by atoms with Crippen molar-refractivity contribution in [2.75, 3.05) is 5.73 Å². The van der Waals surface area contributed by atoms with Crippen LogP contribution >= 0.6 is 11.3 Å². The predicted octanol–water partition coefficient (Wildman–Crippen LogP) is 2.51. The molecule has 0 amide bonds. The van der Waals surface area contributed by atoms with Crippen LogP contribution in [0.15, 0.2) is 11.4 Å². The van der Waals surface area contributed by atoms with E-state index in [4.69, 9.17) is 5.73 Å². The number of rotatable bonds is 3. The van der Waals surface area contributed by atoms with Crippen molar-refractivity contribution < 1.29 is 13.2 Å². The van der Waals surface area contributed by atoms with E-state index in [1.165, 1.54) is 11.3 Å². The van der Waals surface area contributed by atoms with Gasteiger partial charge in [-0.1, -0.05) is 0 Å². The molecule has 1 heterocycles. The van der Waals surface area contributed by atoms with E-state index in [1.54, 1.807) is 11.4 Å². The molecular formula is C9H11F3N2S. The van der Waals surface area contributed by atoms with E-state index in [-0.39, 0.29) is 19.4 Å². The Balaban J connectivity index is 1.97. The van der Waals surface area contributed by atoms with Crippen LogP contribution in [0.5, 0.6) is 0 Å². The zero-order valence-electron chi connectivity index (χ0n) is 7.90. The summed E-state index contributed by atoms with van der Waals surface area (Å²) in [6, 6.07) is 1.70. The Morgan fingerprint density at radius 3 is 2.53 bits per heavy atom. The van der Waals surface area contributed by atoms with Gasteiger partial charge in [-0.3, -0.25) is 5.32 Å². The average molecular weight is 236 g/mol. The maximum Gasteiger partial charge on any atom is 0.406 e. The quantitative estimate of drug-likeness (QED) is 0.846. The average Bonchev–Trinajstić information content (AvgIpc) is 2.82. The van der Waals surface area contributed by atoms with Gasteiger partial charge in [-0.15, -0.1) is 11.3 Å². The third kappa shape index (κ3) is 1.96. The number of nitrogen functional groups attached to an aromatic ring is 1. The van der Waals surface area contributed by atoms with Gasteiger partial charge in [0.05, 0.1) is 0 Å². The minimum absolute atomic E-state index is 0.168. The van der Waals surface area contributed by atoms with Gasteiger partial charge in [-0.2, -0.15) is 13.2 Å². The summed E-state index contributed by atoms with van der Waals surface area (Å²) in [7, 11) is 0. The molecule has 1 aromatic rings. The van der Waals surface area contributed by atoms with Crippen LogP contribution in [0, 0.1) is 0 Å². The lowest BCUT2D eigenvalue weighted by Gasteiger charge is -2.20. The molecule has 6 heteroatoms. The second-order valence-corrected chi connectivity index (χ2v) is 4.73. The number of thiophene rings is 1. The van der Waals surface area contributed by atoms with E-state index in [0.717, 1.165) is 4.88 Å². The van der Waals surface area contributed by atoms with Crippen molar-refractivity contribution in [2.45, 2.75) is 31.1 Å². The van der Waals surface area contributed by atoms with Crippen LogP contribution in [0.1, 0.15) is 17.7 Å². The Morgan fingerprint density at radius 1 is 1.47 bits per heavy atom. The molecule has 0 atom stereocenters. The SMILES string of the molecule is Nc1ccsc1CNC1(C(F)(F)F)CC1. The maximum absolute atomic E-state index is 12.5. The first-order valence-corrected chi connectivity index (χ1v) is 5.46. The van der Waals surface area contributed by atoms with E-state index in [9.17, 15) is 13.2 Å². The first-order chi connectivity index (χ1) is 6.95. The zero-order valence-corrected chi connectivity index (χ0v) is 8.71. The van der Waals surface area contributed by atoms with Gasteiger partial charge in [0.2, 0.25) is 0 Å². The third-order valence-corrected chi connectivity index (χ3v) is 3.60. The lowest BCUT2D eigenvalue weighted by atomic mass is 10.2. The molecule has 3 N–H and O–H groups in total. The van der Waals surface area contributed by atoms with E-state index in [0.29, 0.717) is 5.69 Å². The fourth-order valence-electron chi connectivity index (χ4n) is 1.43. The monoisotopic (exact) mass is 236 g/mol. The van der Waals surface area contributed by atoms with Crippen molar-refractivity contribution in [1.29, 1.82) is 0 Å². The van der Waals surface area contributed by atoms with Gasteiger partial charge in [0.15, 0.2) is 0 Å². The van der Waals surface area contributed by atoms with Crippen molar-refractivity contribution in [3.63, 3.8) is 0 Å². The minimum atomic E-state index is -4.15. The Bertz CT molecular complexity index is 354. The molecular weight excluding hydrogens is 225 g/mol. The largest absolute Gasteiger partial charge is 0.406 e. The summed E-state index contributed by atoms with van der Waals surface area (Å²) >= 11 is 1.37. The lowest BCUT2D eigenvalue weighted by molar-refractivity contribution is -0.166. The molecule has 0 saturated heterocycles. The molecule has 0 unspecified atom stereocenters. The summed E-state index contributed by atoms with van der Waals surface area (Å²) < 4.78 is 37.6. The van der Waals surface area contributed by atoms with Crippen LogP contribution in [-0.4, -0.2) is 11.7 Å². The Hall–Kier alpha value is -0.750. The smallest absolute Gasteiger partial charge is 0.398 e. The molecule has 1 fully saturated rings. The number of halogens is 3. The van der Waals surface area contributed by atoms with Gasteiger partial charge >= 0.3 is 6.18 Å². The molecule has 15 heavy (non-hydrogen) atoms. The van der Waals surface area contributed by atoms with E-state index in [2.05, 4.69) is 5.32 Å². The molecule has 1 aliphatic rings. The molecule has 0 bridgehead atoms. The van der Waals surface area contributed by atoms with Gasteiger partial charge in [0, 0.05) is 17.1 Å². The molecule has 0 spiro atoms. The van der Waals surface area contributed by atoms with Crippen LogP contribution in [0.3, 0.4) is 0 Å². The molecule has 1 aromatic heterocycles. The van der Waals surface area contributed by atoms with E-state index in [1.807, 2.05) is 0 Å². The summed E-state index contributed by atoms with van der Waals surface area (Å²) in [5, 5.41) is 4.34. The van der Waals surface area contributed by atoms with Gasteiger partial charge in [-0.05, 0) is 24.3 Å². The molecule has 84 valence electrons. The van der Waals surface area contributed by atoms with E-state index < -0.39 is 11.7 Å². The first-order valence-electron chi connectivity index (χ1n) is 4.58. The molecule has 0 aromatic carbocycles. The normalized spacial score (nSPS) is 19.1. The molecule has 0 radical (unpaired) electrons. The van der Waals surface area contributed by atoms with Gasteiger partial charge in [0.25, 0.3) is 0 Å². The Labute approximate surface area is 89.3 Å². The maximum atomic E-state index is 12.5. The van der Waals surface area contributed by atoms with Crippen molar-refractivity contribution in [2.24, 2.45) is 0 Å². The molecule has 0 aliphatic heterocycles. The first kappa shape index (κ1) is 10.8. The highest BCUT2D eigenvalue weighted by Gasteiger charge is 2.62. The molecule has 1 aliphatic carbocycles. The topological polar surface area (TPSA) is 38.0 Å². The highest BCUT2D eigenvalue weighted by atomic mass is 32.1. The summed E-state index contributed by atoms with van der Waals surface area (Å²) in [5.74, 6) is 0. The molecule has 2 nitrogen and oxygen atoms in total. The van der Waals surface area contributed by atoms with Crippen molar-refractivity contribution in [1.82, 2.24) is 5.32 Å². The number of alkyl halides is 3. The minimum Gasteiger partial charge on any atom is -0.398 e. The highest BCUT2D eigenvalue weighted by molar-refractivity contribution is 7.10. The van der Waals surface area contributed by atoms with Gasteiger partial charge in [-0.25, -0.2) is 0 Å². The van der Waals surface area contributed by atoms with Crippen LogP contribution in [0.2, 0.25) is 0 Å². The van der Waals surface area contributed by atoms with Gasteiger partial charge in [0.1, 0.15) is 5.54 Å². The number of nitrogens with one attached hydrogen (secondary N) is 1. The molecule has 2 rings (SSSR count). The van der Waals surface area contributed by atoms with Crippen molar-refractivity contribution in [3.05, 3.63) is 16.3 Å². The number of anilines is 1. The van der Waals surface area contributed by atoms with Crippen LogP contribution in [0.4, 0.5) is 18.9 Å². The number of hydrogen-bond donors (Lipinski definition) is 2. The summed E-state index contributed by atoms with van der Waals surface area (Å²) in [5.41, 5.74) is 4.50. The second kappa shape index (κ2) is 3.38. The predicted molar refractivity (Wildman–Crippen MR) is 53.6 cm³/mol. The zero-order chi connectivity index (χ0) is 11.1. The standard InChI is InChI=1S/C9H11F3N2S/c10-9(11,12)8(2-3-8)14-5-7-6(13)1-4-15-7/h1,4,14H,2-3,5,13H2. The number of nitrogens with two attached hydrogens (primary N) is 1. The van der Waals surface area contributed by atoms with Gasteiger partial charge < -0.3 is 5.73 Å². The van der Waals surface area contributed by atoms with Crippen LogP contribution in [0.25, 0.3) is 0 Å². The molecule has 1 saturated carbocycles. The highest BCUT2D eigenvalue weighted by Crippen LogP contribution is 2.49.